The van der Waals surface area contributed by atoms with Gasteiger partial charge in [0.2, 0.25) is 5.95 Å². The fourth-order valence-electron chi connectivity index (χ4n) is 5.77. The van der Waals surface area contributed by atoms with Crippen molar-refractivity contribution in [1.82, 2.24) is 44.4 Å². The first-order chi connectivity index (χ1) is 24.7. The van der Waals surface area contributed by atoms with Gasteiger partial charge in [0.25, 0.3) is 5.56 Å². The van der Waals surface area contributed by atoms with Gasteiger partial charge in [0.15, 0.2) is 47.4 Å². The normalized spacial score (nSPS) is 34.0. The van der Waals surface area contributed by atoms with E-state index in [1.165, 1.54) is 15.5 Å². The highest BCUT2D eigenvalue weighted by atomic mass is 32.7. The zero-order chi connectivity index (χ0) is 36.9. The Morgan fingerprint density at radius 3 is 2.35 bits per heavy atom. The molecule has 3 aliphatic rings. The van der Waals surface area contributed by atoms with Crippen molar-refractivity contribution in [3.05, 3.63) is 29.3 Å². The van der Waals surface area contributed by atoms with Crippen molar-refractivity contribution in [2.75, 3.05) is 44.9 Å². The summed E-state index contributed by atoms with van der Waals surface area (Å²) >= 11 is 8.17. The summed E-state index contributed by atoms with van der Waals surface area (Å²) in [7, 11) is 1.63. The van der Waals surface area contributed by atoms with Crippen molar-refractivity contribution in [3.63, 3.8) is 0 Å². The molecule has 0 spiro atoms. The van der Waals surface area contributed by atoms with E-state index in [-0.39, 0.29) is 47.2 Å². The lowest BCUT2D eigenvalue weighted by Gasteiger charge is -2.29. The Morgan fingerprint density at radius 1 is 1.00 bits per heavy atom. The number of aromatic amines is 1. The minimum absolute atomic E-state index is 0.0310. The lowest BCUT2D eigenvalue weighted by atomic mass is 10.1. The maximum atomic E-state index is 16.2. The van der Waals surface area contributed by atoms with Gasteiger partial charge < -0.3 is 35.7 Å². The molecule has 3 aliphatic heterocycles. The number of carbonyl (C=O) groups is 1. The number of rotatable bonds is 6. The molecule has 4 aromatic heterocycles. The molecule has 0 radical (unpaired) electrons. The third kappa shape index (κ3) is 7.24. The molecule has 7 heterocycles. The number of anilines is 2. The summed E-state index contributed by atoms with van der Waals surface area (Å²) in [6, 6.07) is 0. The number of thiol groups is 2. The average Bonchev–Trinajstić information content (AvgIpc) is 3.84. The average molecular weight is 810 g/mol. The van der Waals surface area contributed by atoms with Crippen LogP contribution in [0.3, 0.4) is 0 Å². The first-order valence-electron chi connectivity index (χ1n) is 15.1. The van der Waals surface area contributed by atoms with E-state index >= 15 is 4.39 Å². The number of halogens is 1. The van der Waals surface area contributed by atoms with Gasteiger partial charge in [-0.05, 0) is 7.05 Å². The number of fused-ring (bicyclic) bond motifs is 4. The molecule has 3 fully saturated rings. The molecule has 7 rings (SSSR count). The molecule has 3 saturated heterocycles. The number of H-pyrrole nitrogens is 1. The number of likely N-dealkylation sites (N-methyl/N-ethyl adjacent to an activating group) is 1. The summed E-state index contributed by atoms with van der Waals surface area (Å²) in [5.41, 5.74) is 11.0. The van der Waals surface area contributed by atoms with E-state index in [1.807, 2.05) is 0 Å². The predicted molar refractivity (Wildman–Crippen MR) is 180 cm³/mol. The van der Waals surface area contributed by atoms with Crippen LogP contribution in [0.5, 0.6) is 0 Å². The van der Waals surface area contributed by atoms with Gasteiger partial charge in [-0.3, -0.25) is 37.0 Å². The van der Waals surface area contributed by atoms with Crippen LogP contribution < -0.4 is 22.3 Å². The minimum atomic E-state index is -4.51. The number of hydrogen-bond acceptors (Lipinski definition) is 20. The standard InChI is InChI=1S/C24H30FN11O12P2S2/c1-28-2-3-41-24(38)46-16-15-10(45-22(16)36-8-32-13-19(36)33-23(27)34-20(13)37)5-43-49(39,51)47-14-9(4-42-50(40,52)48-15)44-21(11(14)25)35-7-31-12-17(26)29-6-30-18(12)35/h6-11,14-16,21-22,28H,2-5H2,1H3,(H,39,51)(H,40,52)(H2,26,29,30)(H3,27,33,34,37)/t9-,10-,11-,14-,15-,16-,21-,22-,49+,50-/m1/s1. The van der Waals surface area contributed by atoms with Crippen LogP contribution >= 0.6 is 38.1 Å². The molecule has 6 N–H and O–H groups in total. The highest BCUT2D eigenvalue weighted by molar-refractivity contribution is 8.44. The lowest BCUT2D eigenvalue weighted by Crippen LogP contribution is -2.40. The van der Waals surface area contributed by atoms with Gasteiger partial charge in [0, 0.05) is 6.54 Å². The molecule has 52 heavy (non-hydrogen) atoms. The topological polar surface area (TPSA) is 296 Å². The van der Waals surface area contributed by atoms with Crippen molar-refractivity contribution >= 4 is 78.3 Å². The van der Waals surface area contributed by atoms with E-state index in [4.69, 9.17) is 48.5 Å². The van der Waals surface area contributed by atoms with Gasteiger partial charge in [-0.15, -0.1) is 0 Å². The summed E-state index contributed by atoms with van der Waals surface area (Å²) in [4.78, 5) is 47.9. The van der Waals surface area contributed by atoms with E-state index in [0.717, 1.165) is 12.7 Å². The molecule has 4 aromatic rings. The Balaban J connectivity index is 1.20. The Labute approximate surface area is 300 Å². The fourth-order valence-corrected chi connectivity index (χ4v) is 8.74. The molecule has 23 nitrogen and oxygen atoms in total. The van der Waals surface area contributed by atoms with Gasteiger partial charge >= 0.3 is 19.8 Å². The van der Waals surface area contributed by atoms with Crippen molar-refractivity contribution < 1.29 is 55.4 Å². The third-order valence-electron chi connectivity index (χ3n) is 8.06. The molecule has 28 heteroatoms. The SMILES string of the molecule is CNCCOC(=O)O[C@@H]1[C@@H]2O[P@](=O)(S)OC[C@H]3O[C@@H](n4cnc5c(N)ncnc54)[C@H](F)[C@@H]3O[P@@](=O)(S)OC[C@H]2O[C@H]1n1cnc2c(=O)[nH]c(N)nc21. The number of hydrogen-bond donors (Lipinski definition) is 6. The van der Waals surface area contributed by atoms with E-state index in [0.29, 0.717) is 0 Å². The van der Waals surface area contributed by atoms with Gasteiger partial charge in [-0.1, -0.05) is 24.5 Å². The van der Waals surface area contributed by atoms with Crippen molar-refractivity contribution in [3.8, 4) is 0 Å². The van der Waals surface area contributed by atoms with Crippen molar-refractivity contribution in [2.24, 2.45) is 0 Å². The lowest BCUT2D eigenvalue weighted by molar-refractivity contribution is -0.0620. The smallest absolute Gasteiger partial charge is 0.433 e. The van der Waals surface area contributed by atoms with E-state index < -0.39 is 87.7 Å². The van der Waals surface area contributed by atoms with Crippen LogP contribution in [0.25, 0.3) is 22.3 Å². The molecule has 0 aromatic carbocycles. The summed E-state index contributed by atoms with van der Waals surface area (Å²) in [5.74, 6) is -0.239. The maximum absolute atomic E-state index is 16.2. The van der Waals surface area contributed by atoms with E-state index in [2.05, 4.69) is 59.7 Å². The zero-order valence-corrected chi connectivity index (χ0v) is 30.1. The third-order valence-corrected chi connectivity index (χ3v) is 11.3. The van der Waals surface area contributed by atoms with Crippen LogP contribution in [0.1, 0.15) is 12.5 Å². The number of nitrogens with zero attached hydrogens (tertiary/aromatic N) is 7. The molecule has 0 bridgehead atoms. The molecule has 0 amide bonds. The minimum Gasteiger partial charge on any atom is -0.433 e. The number of nitrogen functional groups attached to an aromatic ring is 2. The summed E-state index contributed by atoms with van der Waals surface area (Å²) in [5, 5.41) is 2.80. The quantitative estimate of drug-likeness (QED) is 0.0682. The maximum Gasteiger partial charge on any atom is 0.508 e. The predicted octanol–water partition coefficient (Wildman–Crippen LogP) is 0.891. The van der Waals surface area contributed by atoms with E-state index in [9.17, 15) is 18.7 Å². The summed E-state index contributed by atoms with van der Waals surface area (Å²) in [6.07, 6.45) is -10.3. The Kier molecular flexibility index (Phi) is 10.2. The molecule has 0 saturated carbocycles. The number of ether oxygens (including phenoxy) is 4. The molecule has 0 unspecified atom stereocenters. The first-order valence-corrected chi connectivity index (χ1v) is 20.5. The number of aromatic nitrogens is 8. The highest BCUT2D eigenvalue weighted by Crippen LogP contribution is 2.60. The fraction of sp³-hybridized carbons (Fsp3) is 0.542. The Hall–Kier alpha value is -3.42. The monoisotopic (exact) mass is 809 g/mol. The second kappa shape index (κ2) is 14.4. The van der Waals surface area contributed by atoms with Crippen molar-refractivity contribution in [1.29, 1.82) is 0 Å². The van der Waals surface area contributed by atoms with Crippen LogP contribution in [0.15, 0.2) is 23.8 Å². The first kappa shape index (κ1) is 36.9. The number of alkyl halides is 1. The van der Waals surface area contributed by atoms with Gasteiger partial charge in [-0.2, -0.15) is 4.98 Å². The highest BCUT2D eigenvalue weighted by Gasteiger charge is 2.55. The number of carbonyl (C=O) groups excluding carboxylic acids is 1. The Bertz CT molecular complexity index is 2140. The van der Waals surface area contributed by atoms with Crippen LogP contribution in [0.2, 0.25) is 0 Å². The second-order valence-electron chi connectivity index (χ2n) is 11.4. The van der Waals surface area contributed by atoms with Gasteiger partial charge in [0.1, 0.15) is 42.9 Å². The van der Waals surface area contributed by atoms with Crippen LogP contribution in [-0.4, -0.2) is 115 Å². The summed E-state index contributed by atoms with van der Waals surface area (Å²) in [6.45, 7) is -10.2. The number of nitrogens with one attached hydrogen (secondary N) is 2. The molecular formula is C24H30FN11O12P2S2. The molecular weight excluding hydrogens is 779 g/mol. The Morgan fingerprint density at radius 2 is 1.63 bits per heavy atom. The summed E-state index contributed by atoms with van der Waals surface area (Å²) < 4.78 is 91.3. The largest absolute Gasteiger partial charge is 0.508 e. The van der Waals surface area contributed by atoms with E-state index in [1.54, 1.807) is 7.05 Å². The van der Waals surface area contributed by atoms with Crippen LogP contribution in [0.4, 0.5) is 21.0 Å². The van der Waals surface area contributed by atoms with Crippen molar-refractivity contribution in [2.45, 2.75) is 49.1 Å². The second-order valence-corrected chi connectivity index (χ2v) is 17.1. The zero-order valence-electron chi connectivity index (χ0n) is 26.5. The number of nitrogens with two attached hydrogens (primary N) is 2. The van der Waals surface area contributed by atoms with Gasteiger partial charge in [-0.25, -0.2) is 38.3 Å². The van der Waals surface area contributed by atoms with Crippen LogP contribution in [0, 0.1) is 0 Å². The van der Waals surface area contributed by atoms with Gasteiger partial charge in [0.05, 0.1) is 25.9 Å². The molecule has 10 atom stereocenters. The number of imidazole rings is 2. The molecule has 0 aliphatic carbocycles. The van der Waals surface area contributed by atoms with Crippen LogP contribution in [-0.2, 0) is 46.2 Å². The molecule has 282 valence electrons.